The fourth-order valence-electron chi connectivity index (χ4n) is 2.00. The van der Waals surface area contributed by atoms with Gasteiger partial charge in [-0.2, -0.15) is 13.2 Å². The van der Waals surface area contributed by atoms with Gasteiger partial charge in [-0.1, -0.05) is 13.3 Å². The summed E-state index contributed by atoms with van der Waals surface area (Å²) in [5.74, 6) is -0.645. The number of anilines is 1. The molecule has 0 fully saturated rings. The minimum Gasteiger partial charge on any atom is -0.352 e. The van der Waals surface area contributed by atoms with Crippen LogP contribution in [-0.4, -0.2) is 18.0 Å². The van der Waals surface area contributed by atoms with Crippen molar-refractivity contribution in [2.24, 2.45) is 11.5 Å². The SMILES string of the molecule is CCC[C@@H](NC(N)=O)C(=O)Nc1cc(CN)cc(C(F)(F)F)c1. The third-order valence-corrected chi connectivity index (χ3v) is 3.03. The summed E-state index contributed by atoms with van der Waals surface area (Å²) in [6.45, 7) is 1.68. The summed E-state index contributed by atoms with van der Waals surface area (Å²) in [5, 5.41) is 4.61. The Morgan fingerprint density at radius 3 is 2.39 bits per heavy atom. The number of hydrogen-bond acceptors (Lipinski definition) is 3. The number of nitrogens with two attached hydrogens (primary N) is 2. The van der Waals surface area contributed by atoms with Crippen LogP contribution in [0.4, 0.5) is 23.7 Å². The van der Waals surface area contributed by atoms with E-state index >= 15 is 0 Å². The number of urea groups is 1. The van der Waals surface area contributed by atoms with E-state index in [1.807, 2.05) is 0 Å². The molecule has 1 atom stereocenters. The summed E-state index contributed by atoms with van der Waals surface area (Å²) in [6.07, 6.45) is -3.68. The van der Waals surface area contributed by atoms with Crippen LogP contribution in [0.15, 0.2) is 18.2 Å². The van der Waals surface area contributed by atoms with E-state index in [2.05, 4.69) is 10.6 Å². The first kappa shape index (κ1) is 18.8. The normalized spacial score (nSPS) is 12.6. The fraction of sp³-hybridized carbons (Fsp3) is 0.429. The molecule has 6 N–H and O–H groups in total. The Kier molecular flexibility index (Phi) is 6.38. The van der Waals surface area contributed by atoms with Crippen molar-refractivity contribution < 1.29 is 22.8 Å². The molecule has 0 aromatic heterocycles. The van der Waals surface area contributed by atoms with E-state index in [1.165, 1.54) is 6.07 Å². The Labute approximate surface area is 131 Å². The van der Waals surface area contributed by atoms with Crippen molar-refractivity contribution in [3.63, 3.8) is 0 Å². The van der Waals surface area contributed by atoms with Gasteiger partial charge in [0, 0.05) is 12.2 Å². The molecular weight excluding hydrogens is 313 g/mol. The lowest BCUT2D eigenvalue weighted by Gasteiger charge is -2.18. The molecule has 0 saturated carbocycles. The highest BCUT2D eigenvalue weighted by atomic mass is 19.4. The van der Waals surface area contributed by atoms with Crippen molar-refractivity contribution in [3.05, 3.63) is 29.3 Å². The van der Waals surface area contributed by atoms with Gasteiger partial charge in [-0.25, -0.2) is 4.79 Å². The largest absolute Gasteiger partial charge is 0.416 e. The zero-order chi connectivity index (χ0) is 17.6. The van der Waals surface area contributed by atoms with Gasteiger partial charge in [0.25, 0.3) is 0 Å². The molecule has 0 heterocycles. The van der Waals surface area contributed by atoms with E-state index in [0.29, 0.717) is 12.8 Å². The summed E-state index contributed by atoms with van der Waals surface area (Å²) in [4.78, 5) is 23.0. The number of nitrogens with one attached hydrogen (secondary N) is 2. The van der Waals surface area contributed by atoms with Crippen molar-refractivity contribution in [1.29, 1.82) is 0 Å². The third-order valence-electron chi connectivity index (χ3n) is 3.03. The quantitative estimate of drug-likeness (QED) is 0.639. The molecule has 9 heteroatoms. The van der Waals surface area contributed by atoms with Gasteiger partial charge in [-0.15, -0.1) is 0 Å². The maximum Gasteiger partial charge on any atom is 0.416 e. The maximum atomic E-state index is 12.8. The number of carbonyl (C=O) groups excluding carboxylic acids is 2. The minimum absolute atomic E-state index is 0.0438. The van der Waals surface area contributed by atoms with Crippen LogP contribution < -0.4 is 22.1 Å². The summed E-state index contributed by atoms with van der Waals surface area (Å²) < 4.78 is 38.5. The lowest BCUT2D eigenvalue weighted by molar-refractivity contribution is -0.137. The van der Waals surface area contributed by atoms with E-state index in [9.17, 15) is 22.8 Å². The number of halogens is 3. The van der Waals surface area contributed by atoms with E-state index < -0.39 is 29.7 Å². The van der Waals surface area contributed by atoms with Crippen molar-refractivity contribution in [3.8, 4) is 0 Å². The summed E-state index contributed by atoms with van der Waals surface area (Å²) in [5.41, 5.74) is 9.64. The van der Waals surface area contributed by atoms with Gasteiger partial charge in [-0.3, -0.25) is 4.79 Å². The number of carbonyl (C=O) groups is 2. The van der Waals surface area contributed by atoms with Crippen LogP contribution in [-0.2, 0) is 17.5 Å². The molecule has 1 aromatic carbocycles. The first-order chi connectivity index (χ1) is 10.7. The van der Waals surface area contributed by atoms with Crippen LogP contribution in [0.5, 0.6) is 0 Å². The lowest BCUT2D eigenvalue weighted by atomic mass is 10.1. The second-order valence-corrected chi connectivity index (χ2v) is 4.96. The molecule has 0 radical (unpaired) electrons. The van der Waals surface area contributed by atoms with E-state index in [4.69, 9.17) is 11.5 Å². The smallest absolute Gasteiger partial charge is 0.352 e. The van der Waals surface area contributed by atoms with E-state index in [0.717, 1.165) is 12.1 Å². The summed E-state index contributed by atoms with van der Waals surface area (Å²) in [6, 6.07) is 1.27. The number of hydrogen-bond donors (Lipinski definition) is 4. The molecule has 6 nitrogen and oxygen atoms in total. The van der Waals surface area contributed by atoms with Gasteiger partial charge in [0.1, 0.15) is 6.04 Å². The number of amides is 3. The summed E-state index contributed by atoms with van der Waals surface area (Å²) in [7, 11) is 0. The standard InChI is InChI=1S/C14H19F3N4O2/c1-2-3-11(21-13(19)23)12(22)20-10-5-8(7-18)4-9(6-10)14(15,16)17/h4-6,11H,2-3,7,18H2,1H3,(H,20,22)(H3,19,21,23)/t11-/m1/s1. The van der Waals surface area contributed by atoms with Crippen molar-refractivity contribution in [2.75, 3.05) is 5.32 Å². The lowest BCUT2D eigenvalue weighted by Crippen LogP contribution is -2.46. The van der Waals surface area contributed by atoms with Gasteiger partial charge in [0.15, 0.2) is 0 Å². The van der Waals surface area contributed by atoms with Gasteiger partial charge in [0.2, 0.25) is 5.91 Å². The number of alkyl halides is 3. The molecule has 0 aliphatic carbocycles. The maximum absolute atomic E-state index is 12.8. The second kappa shape index (κ2) is 7.82. The Morgan fingerprint density at radius 2 is 1.91 bits per heavy atom. The number of benzene rings is 1. The molecule has 0 spiro atoms. The Balaban J connectivity index is 3.01. The zero-order valence-electron chi connectivity index (χ0n) is 12.5. The van der Waals surface area contributed by atoms with E-state index in [1.54, 1.807) is 6.92 Å². The van der Waals surface area contributed by atoms with Crippen molar-refractivity contribution in [2.45, 2.75) is 38.5 Å². The molecule has 1 aromatic rings. The highest BCUT2D eigenvalue weighted by Crippen LogP contribution is 2.32. The van der Waals surface area contributed by atoms with Crippen LogP contribution in [0.1, 0.15) is 30.9 Å². The van der Waals surface area contributed by atoms with Crippen LogP contribution in [0.3, 0.4) is 0 Å². The number of rotatable bonds is 6. The third kappa shape index (κ3) is 5.78. The van der Waals surface area contributed by atoms with Gasteiger partial charge in [0.05, 0.1) is 5.56 Å². The molecule has 0 aliphatic heterocycles. The first-order valence-electron chi connectivity index (χ1n) is 6.95. The molecular formula is C14H19F3N4O2. The van der Waals surface area contributed by atoms with E-state index in [-0.39, 0.29) is 17.8 Å². The van der Waals surface area contributed by atoms with Crippen LogP contribution in [0.2, 0.25) is 0 Å². The highest BCUT2D eigenvalue weighted by Gasteiger charge is 2.31. The first-order valence-corrected chi connectivity index (χ1v) is 6.95. The van der Waals surface area contributed by atoms with Gasteiger partial charge >= 0.3 is 12.2 Å². The molecule has 1 rings (SSSR count). The molecule has 23 heavy (non-hydrogen) atoms. The van der Waals surface area contributed by atoms with Crippen molar-refractivity contribution in [1.82, 2.24) is 5.32 Å². The molecule has 0 bridgehead atoms. The van der Waals surface area contributed by atoms with Crippen LogP contribution >= 0.6 is 0 Å². The second-order valence-electron chi connectivity index (χ2n) is 4.96. The zero-order valence-corrected chi connectivity index (χ0v) is 12.5. The molecule has 0 saturated heterocycles. The summed E-state index contributed by atoms with van der Waals surface area (Å²) >= 11 is 0. The topological polar surface area (TPSA) is 110 Å². The minimum atomic E-state index is -4.56. The average molecular weight is 332 g/mol. The van der Waals surface area contributed by atoms with Gasteiger partial charge < -0.3 is 22.1 Å². The predicted molar refractivity (Wildman–Crippen MR) is 79.4 cm³/mol. The van der Waals surface area contributed by atoms with Crippen molar-refractivity contribution >= 4 is 17.6 Å². The van der Waals surface area contributed by atoms with Gasteiger partial charge in [-0.05, 0) is 30.2 Å². The Bertz CT molecular complexity index is 576. The highest BCUT2D eigenvalue weighted by molar-refractivity contribution is 5.97. The molecule has 128 valence electrons. The Hall–Kier alpha value is -2.29. The molecule has 3 amide bonds. The predicted octanol–water partition coefficient (Wildman–Crippen LogP) is 1.94. The monoisotopic (exact) mass is 332 g/mol. The van der Waals surface area contributed by atoms with Crippen LogP contribution in [0.25, 0.3) is 0 Å². The Morgan fingerprint density at radius 1 is 1.26 bits per heavy atom. The average Bonchev–Trinajstić information content (AvgIpc) is 2.45. The fourth-order valence-corrected chi connectivity index (χ4v) is 2.00. The molecule has 0 aliphatic rings. The molecule has 0 unspecified atom stereocenters. The number of primary amides is 1. The van der Waals surface area contributed by atoms with Crippen LogP contribution in [0, 0.1) is 0 Å².